The van der Waals surface area contributed by atoms with E-state index < -0.39 is 7.14 Å². The first-order chi connectivity index (χ1) is 7.00. The van der Waals surface area contributed by atoms with Crippen molar-refractivity contribution in [1.29, 1.82) is 0 Å². The quantitative estimate of drug-likeness (QED) is 0.584. The second-order valence-electron chi connectivity index (χ2n) is 3.81. The number of nitrogens with zero attached hydrogens (tertiary/aromatic N) is 2. The number of nitrogen functional groups attached to an aromatic ring is 1. The maximum atomic E-state index is 12.1. The van der Waals surface area contributed by atoms with E-state index in [-0.39, 0.29) is 0 Å². The van der Waals surface area contributed by atoms with E-state index in [0.717, 1.165) is 10.9 Å². The van der Waals surface area contributed by atoms with E-state index in [0.29, 0.717) is 11.0 Å². The Kier molecular flexibility index (Phi) is 2.24. The Balaban J connectivity index is 2.92. The lowest BCUT2D eigenvalue weighted by molar-refractivity contribution is 0.588. The Labute approximate surface area is 87.9 Å². The first-order valence-corrected chi connectivity index (χ1v) is 7.14. The molecule has 78 valence electrons. The lowest BCUT2D eigenvalue weighted by Gasteiger charge is -2.12. The fraction of sp³-hybridized carbons (Fsp3) is 0.200. The molecule has 1 aromatic heterocycles. The normalized spacial score (nSPS) is 11.9. The van der Waals surface area contributed by atoms with Gasteiger partial charge in [0.15, 0.2) is 0 Å². The fourth-order valence-electron chi connectivity index (χ4n) is 1.66. The van der Waals surface area contributed by atoms with E-state index in [4.69, 9.17) is 5.73 Å². The number of benzene rings is 1. The molecule has 0 bridgehead atoms. The van der Waals surface area contributed by atoms with Gasteiger partial charge >= 0.3 is 0 Å². The summed E-state index contributed by atoms with van der Waals surface area (Å²) in [6.07, 6.45) is 3.13. The number of rotatable bonds is 1. The van der Waals surface area contributed by atoms with Crippen LogP contribution in [0.15, 0.2) is 24.7 Å². The van der Waals surface area contributed by atoms with Crippen LogP contribution in [-0.2, 0) is 4.57 Å². The van der Waals surface area contributed by atoms with Gasteiger partial charge in [-0.3, -0.25) is 0 Å². The largest absolute Gasteiger partial charge is 0.398 e. The van der Waals surface area contributed by atoms with E-state index in [1.54, 1.807) is 25.6 Å². The average molecular weight is 221 g/mol. The second kappa shape index (κ2) is 3.31. The summed E-state index contributed by atoms with van der Waals surface area (Å²) in [5.41, 5.74) is 7.17. The van der Waals surface area contributed by atoms with E-state index >= 15 is 0 Å². The molecule has 2 aromatic rings. The third-order valence-corrected chi connectivity index (χ3v) is 3.81. The van der Waals surface area contributed by atoms with E-state index in [9.17, 15) is 4.57 Å². The summed E-state index contributed by atoms with van der Waals surface area (Å²) in [6.45, 7) is 3.40. The topological polar surface area (TPSA) is 68.9 Å². The maximum Gasteiger partial charge on any atom is 0.116 e. The molecule has 0 aliphatic heterocycles. The highest BCUT2D eigenvalue weighted by atomic mass is 31.2. The molecule has 2 rings (SSSR count). The summed E-state index contributed by atoms with van der Waals surface area (Å²) in [4.78, 5) is 8.05. The summed E-state index contributed by atoms with van der Waals surface area (Å²) in [5.74, 6) is 0. The summed E-state index contributed by atoms with van der Waals surface area (Å²) in [5, 5.41) is 1.46. The van der Waals surface area contributed by atoms with Crippen molar-refractivity contribution in [3.8, 4) is 0 Å². The standard InChI is InChI=1S/C10H12N3OP/c1-15(2,14)10-7-5-12-6-13-9(7)4-3-8(10)11/h3-6H,11H2,1-2H3. The Morgan fingerprint density at radius 1 is 1.33 bits per heavy atom. The van der Waals surface area contributed by atoms with Gasteiger partial charge in [-0.15, -0.1) is 0 Å². The number of hydrogen-bond acceptors (Lipinski definition) is 4. The second-order valence-corrected chi connectivity index (χ2v) is 6.96. The van der Waals surface area contributed by atoms with Crippen molar-refractivity contribution >= 4 is 29.0 Å². The molecule has 1 heterocycles. The van der Waals surface area contributed by atoms with Crippen LogP contribution >= 0.6 is 7.14 Å². The molecule has 0 atom stereocenters. The molecular formula is C10H12N3OP. The minimum Gasteiger partial charge on any atom is -0.398 e. The van der Waals surface area contributed by atoms with Gasteiger partial charge in [0.2, 0.25) is 0 Å². The average Bonchev–Trinajstić information content (AvgIpc) is 2.15. The highest BCUT2D eigenvalue weighted by Gasteiger charge is 2.18. The first kappa shape index (κ1) is 10.1. The smallest absolute Gasteiger partial charge is 0.116 e. The zero-order chi connectivity index (χ0) is 11.1. The van der Waals surface area contributed by atoms with Crippen molar-refractivity contribution < 1.29 is 4.57 Å². The number of hydrogen-bond donors (Lipinski definition) is 1. The van der Waals surface area contributed by atoms with E-state index in [1.807, 2.05) is 6.07 Å². The van der Waals surface area contributed by atoms with Crippen LogP contribution in [0, 0.1) is 0 Å². The molecule has 0 unspecified atom stereocenters. The SMILES string of the molecule is CP(C)(=O)c1c(N)ccc2ncncc12. The molecule has 0 aliphatic carbocycles. The minimum absolute atomic E-state index is 0.547. The number of nitrogens with two attached hydrogens (primary N) is 1. The number of aromatic nitrogens is 2. The molecule has 1 aromatic carbocycles. The van der Waals surface area contributed by atoms with Crippen molar-refractivity contribution in [2.24, 2.45) is 0 Å². The van der Waals surface area contributed by atoms with Crippen LogP contribution in [0.2, 0.25) is 0 Å². The first-order valence-electron chi connectivity index (χ1n) is 4.54. The molecule has 0 amide bonds. The van der Waals surface area contributed by atoms with Gasteiger partial charge < -0.3 is 10.3 Å². The molecule has 2 N–H and O–H groups in total. The van der Waals surface area contributed by atoms with Gasteiger partial charge in [0, 0.05) is 22.6 Å². The van der Waals surface area contributed by atoms with Crippen LogP contribution in [-0.4, -0.2) is 23.3 Å². The predicted molar refractivity (Wildman–Crippen MR) is 63.0 cm³/mol. The van der Waals surface area contributed by atoms with Crippen molar-refractivity contribution in [2.45, 2.75) is 0 Å². The van der Waals surface area contributed by atoms with Crippen molar-refractivity contribution in [3.63, 3.8) is 0 Å². The van der Waals surface area contributed by atoms with E-state index in [2.05, 4.69) is 9.97 Å². The Morgan fingerprint density at radius 3 is 2.73 bits per heavy atom. The summed E-state index contributed by atoms with van der Waals surface area (Å²) in [6, 6.07) is 3.55. The van der Waals surface area contributed by atoms with Crippen LogP contribution in [0.4, 0.5) is 5.69 Å². The number of anilines is 1. The molecule has 0 aliphatic rings. The fourth-order valence-corrected chi connectivity index (χ4v) is 3.11. The molecule has 0 saturated carbocycles. The molecule has 0 fully saturated rings. The lowest BCUT2D eigenvalue weighted by atomic mass is 10.2. The van der Waals surface area contributed by atoms with Crippen molar-refractivity contribution in [3.05, 3.63) is 24.7 Å². The van der Waals surface area contributed by atoms with Gasteiger partial charge in [-0.2, -0.15) is 0 Å². The Hall–Kier alpha value is -1.41. The van der Waals surface area contributed by atoms with Crippen LogP contribution in [0.3, 0.4) is 0 Å². The maximum absolute atomic E-state index is 12.1. The molecule has 5 heteroatoms. The third-order valence-electron chi connectivity index (χ3n) is 2.23. The summed E-state index contributed by atoms with van der Waals surface area (Å²) in [7, 11) is -2.41. The van der Waals surface area contributed by atoms with Gasteiger partial charge in [0.1, 0.15) is 13.5 Å². The molecular weight excluding hydrogens is 209 g/mol. The Morgan fingerprint density at radius 2 is 2.07 bits per heavy atom. The molecule has 15 heavy (non-hydrogen) atoms. The molecule has 0 saturated heterocycles. The van der Waals surface area contributed by atoms with Crippen LogP contribution in [0.5, 0.6) is 0 Å². The molecule has 0 spiro atoms. The Bertz CT molecular complexity index is 562. The summed E-state index contributed by atoms with van der Waals surface area (Å²) < 4.78 is 12.1. The highest BCUT2D eigenvalue weighted by Crippen LogP contribution is 2.39. The van der Waals surface area contributed by atoms with Crippen LogP contribution < -0.4 is 11.0 Å². The summed E-state index contributed by atoms with van der Waals surface area (Å²) >= 11 is 0. The minimum atomic E-state index is -2.41. The van der Waals surface area contributed by atoms with Gasteiger partial charge in [-0.1, -0.05) is 0 Å². The van der Waals surface area contributed by atoms with Crippen molar-refractivity contribution in [1.82, 2.24) is 9.97 Å². The van der Waals surface area contributed by atoms with Gasteiger partial charge in [-0.05, 0) is 25.5 Å². The zero-order valence-electron chi connectivity index (χ0n) is 8.64. The monoisotopic (exact) mass is 221 g/mol. The molecule has 4 nitrogen and oxygen atoms in total. The van der Waals surface area contributed by atoms with Gasteiger partial charge in [0.05, 0.1) is 5.52 Å². The lowest BCUT2D eigenvalue weighted by Crippen LogP contribution is -2.11. The van der Waals surface area contributed by atoms with Crippen LogP contribution in [0.25, 0.3) is 10.9 Å². The predicted octanol–water partition coefficient (Wildman–Crippen LogP) is 1.46. The third kappa shape index (κ3) is 1.73. The highest BCUT2D eigenvalue weighted by molar-refractivity contribution is 7.71. The van der Waals surface area contributed by atoms with Gasteiger partial charge in [-0.25, -0.2) is 9.97 Å². The number of fused-ring (bicyclic) bond motifs is 1. The molecule has 0 radical (unpaired) electrons. The van der Waals surface area contributed by atoms with E-state index in [1.165, 1.54) is 6.33 Å². The van der Waals surface area contributed by atoms with Crippen molar-refractivity contribution in [2.75, 3.05) is 19.1 Å². The van der Waals surface area contributed by atoms with Crippen LogP contribution in [0.1, 0.15) is 0 Å². The zero-order valence-corrected chi connectivity index (χ0v) is 9.53. The van der Waals surface area contributed by atoms with Gasteiger partial charge in [0.25, 0.3) is 0 Å².